The molecule has 0 saturated carbocycles. The average Bonchev–Trinajstić information content (AvgIpc) is 2.86. The van der Waals surface area contributed by atoms with E-state index in [4.69, 9.17) is 29.4 Å². The van der Waals surface area contributed by atoms with Gasteiger partial charge in [-0.1, -0.05) is 6.07 Å². The van der Waals surface area contributed by atoms with E-state index in [1.165, 1.54) is 58.9 Å². The average molecular weight is 489 g/mol. The van der Waals surface area contributed by atoms with Crippen molar-refractivity contribution in [1.29, 1.82) is 0 Å². The summed E-state index contributed by atoms with van der Waals surface area (Å²) < 4.78 is 54.0. The number of esters is 1. The fraction of sp³-hybridized carbons (Fsp3) is 0.217. The lowest BCUT2D eigenvalue weighted by molar-refractivity contribution is 0.0468. The molecule has 1 aromatic heterocycles. The van der Waals surface area contributed by atoms with Gasteiger partial charge in [0.1, 0.15) is 22.8 Å². The van der Waals surface area contributed by atoms with Crippen LogP contribution in [0, 0.1) is 0 Å². The topological polar surface area (TPSA) is 136 Å². The first-order valence-corrected chi connectivity index (χ1v) is 11.3. The summed E-state index contributed by atoms with van der Waals surface area (Å²) in [5, 5.41) is 0. The van der Waals surface area contributed by atoms with Crippen molar-refractivity contribution in [1.82, 2.24) is 4.98 Å². The van der Waals surface area contributed by atoms with Gasteiger partial charge in [-0.25, -0.2) is 13.2 Å². The normalized spacial score (nSPS) is 10.9. The number of sulfone groups is 1. The first-order chi connectivity index (χ1) is 16.3. The molecule has 10 nitrogen and oxygen atoms in total. The molecule has 0 amide bonds. The summed E-state index contributed by atoms with van der Waals surface area (Å²) in [6.45, 7) is -0.162. The standard InChI is InChI=1S/C23H24N2O8S/c1-29-15-7-9-16(10-8-15)34(27,28)22-17(23(26)33-13-14-6-5-11-25-12-14)18(24)19(30-2)20(31-3)21(22)32-4/h5-12H,13,24H2,1-4H3. The van der Waals surface area contributed by atoms with Crippen LogP contribution in [0.4, 0.5) is 5.69 Å². The number of rotatable bonds is 9. The first-order valence-electron chi connectivity index (χ1n) is 9.86. The minimum absolute atomic E-state index is 0.0682. The highest BCUT2D eigenvalue weighted by Gasteiger charge is 2.37. The quantitative estimate of drug-likeness (QED) is 0.354. The second-order valence-electron chi connectivity index (χ2n) is 6.83. The highest BCUT2D eigenvalue weighted by Crippen LogP contribution is 2.50. The zero-order valence-electron chi connectivity index (χ0n) is 19.0. The van der Waals surface area contributed by atoms with Gasteiger partial charge in [0.05, 0.1) is 39.0 Å². The number of hydrogen-bond donors (Lipinski definition) is 1. The molecule has 0 aliphatic carbocycles. The Morgan fingerprint density at radius 3 is 2.09 bits per heavy atom. The Morgan fingerprint density at radius 1 is 0.912 bits per heavy atom. The molecule has 2 aromatic carbocycles. The molecule has 3 aromatic rings. The fourth-order valence-corrected chi connectivity index (χ4v) is 4.90. The molecular weight excluding hydrogens is 464 g/mol. The summed E-state index contributed by atoms with van der Waals surface area (Å²) in [7, 11) is 0.940. The number of benzene rings is 2. The second kappa shape index (κ2) is 10.3. The van der Waals surface area contributed by atoms with Crippen molar-refractivity contribution >= 4 is 21.5 Å². The van der Waals surface area contributed by atoms with E-state index in [1.54, 1.807) is 18.3 Å². The summed E-state index contributed by atoms with van der Waals surface area (Å²) >= 11 is 0. The van der Waals surface area contributed by atoms with Crippen molar-refractivity contribution in [3.05, 3.63) is 59.9 Å². The molecule has 0 aliphatic heterocycles. The van der Waals surface area contributed by atoms with Gasteiger partial charge in [-0.15, -0.1) is 0 Å². The Balaban J connectivity index is 2.25. The fourth-order valence-electron chi connectivity index (χ4n) is 3.29. The molecule has 2 N–H and O–H groups in total. The number of carbonyl (C=O) groups excluding carboxylic acids is 1. The van der Waals surface area contributed by atoms with Gasteiger partial charge in [-0.3, -0.25) is 4.98 Å². The molecule has 0 saturated heterocycles. The predicted octanol–water partition coefficient (Wildman–Crippen LogP) is 2.89. The van der Waals surface area contributed by atoms with Gasteiger partial charge < -0.3 is 29.4 Å². The SMILES string of the molecule is COc1ccc(S(=O)(=O)c2c(OC)c(OC)c(OC)c(N)c2C(=O)OCc2cccnc2)cc1. The maximum absolute atomic E-state index is 13.7. The molecule has 180 valence electrons. The monoisotopic (exact) mass is 488 g/mol. The lowest BCUT2D eigenvalue weighted by Gasteiger charge is -2.21. The van der Waals surface area contributed by atoms with E-state index in [2.05, 4.69) is 4.98 Å². The number of anilines is 1. The Morgan fingerprint density at radius 2 is 1.56 bits per heavy atom. The number of nitrogens with two attached hydrogens (primary N) is 1. The largest absolute Gasteiger partial charge is 0.497 e. The third kappa shape index (κ3) is 4.55. The number of pyridine rings is 1. The summed E-state index contributed by atoms with van der Waals surface area (Å²) in [5.74, 6) is -0.945. The van der Waals surface area contributed by atoms with Gasteiger partial charge in [0, 0.05) is 18.0 Å². The van der Waals surface area contributed by atoms with E-state index in [-0.39, 0.29) is 34.4 Å². The minimum Gasteiger partial charge on any atom is -0.497 e. The predicted molar refractivity (Wildman–Crippen MR) is 122 cm³/mol. The zero-order chi connectivity index (χ0) is 24.9. The van der Waals surface area contributed by atoms with Crippen molar-refractivity contribution in [2.45, 2.75) is 16.4 Å². The van der Waals surface area contributed by atoms with Crippen LogP contribution in [0.5, 0.6) is 23.0 Å². The van der Waals surface area contributed by atoms with E-state index in [1.807, 2.05) is 0 Å². The molecule has 0 atom stereocenters. The van der Waals surface area contributed by atoms with Crippen molar-refractivity contribution in [2.24, 2.45) is 0 Å². The maximum Gasteiger partial charge on any atom is 0.342 e. The van der Waals surface area contributed by atoms with Crippen molar-refractivity contribution in [3.8, 4) is 23.0 Å². The van der Waals surface area contributed by atoms with Crippen LogP contribution < -0.4 is 24.7 Å². The van der Waals surface area contributed by atoms with Crippen LogP contribution in [-0.2, 0) is 21.2 Å². The smallest absolute Gasteiger partial charge is 0.342 e. The number of ether oxygens (including phenoxy) is 5. The molecular formula is C23H24N2O8S. The minimum atomic E-state index is -4.35. The highest BCUT2D eigenvalue weighted by atomic mass is 32.2. The van der Waals surface area contributed by atoms with Crippen LogP contribution in [0.15, 0.2) is 58.6 Å². The zero-order valence-corrected chi connectivity index (χ0v) is 19.8. The molecule has 0 fully saturated rings. The molecule has 11 heteroatoms. The summed E-state index contributed by atoms with van der Waals surface area (Å²) in [6, 6.07) is 9.01. The molecule has 0 radical (unpaired) electrons. The van der Waals surface area contributed by atoms with Gasteiger partial charge in [-0.2, -0.15) is 0 Å². The number of hydrogen-bond acceptors (Lipinski definition) is 10. The number of aromatic nitrogens is 1. The highest BCUT2D eigenvalue weighted by molar-refractivity contribution is 7.91. The lowest BCUT2D eigenvalue weighted by Crippen LogP contribution is -2.18. The van der Waals surface area contributed by atoms with E-state index in [9.17, 15) is 13.2 Å². The Bertz CT molecular complexity index is 1280. The van der Waals surface area contributed by atoms with Crippen LogP contribution in [0.1, 0.15) is 15.9 Å². The second-order valence-corrected chi connectivity index (χ2v) is 8.72. The van der Waals surface area contributed by atoms with Gasteiger partial charge in [-0.05, 0) is 30.3 Å². The van der Waals surface area contributed by atoms with Crippen LogP contribution in [0.3, 0.4) is 0 Å². The molecule has 3 rings (SSSR count). The van der Waals surface area contributed by atoms with Crippen LogP contribution >= 0.6 is 0 Å². The summed E-state index contributed by atoms with van der Waals surface area (Å²) in [4.78, 5) is 16.5. The number of carbonyl (C=O) groups is 1. The molecule has 0 unspecified atom stereocenters. The van der Waals surface area contributed by atoms with Crippen molar-refractivity contribution in [2.75, 3.05) is 34.2 Å². The van der Waals surface area contributed by atoms with Crippen molar-refractivity contribution in [3.63, 3.8) is 0 Å². The Labute approximate surface area is 197 Å². The molecule has 34 heavy (non-hydrogen) atoms. The molecule has 0 bridgehead atoms. The third-order valence-corrected chi connectivity index (χ3v) is 6.73. The van der Waals surface area contributed by atoms with Gasteiger partial charge >= 0.3 is 5.97 Å². The van der Waals surface area contributed by atoms with E-state index in [0.29, 0.717) is 11.3 Å². The van der Waals surface area contributed by atoms with E-state index >= 15 is 0 Å². The van der Waals surface area contributed by atoms with Crippen LogP contribution in [0.2, 0.25) is 0 Å². The van der Waals surface area contributed by atoms with Gasteiger partial charge in [0.25, 0.3) is 0 Å². The Kier molecular flexibility index (Phi) is 7.47. The van der Waals surface area contributed by atoms with Crippen molar-refractivity contribution < 1.29 is 36.9 Å². The summed E-state index contributed by atoms with van der Waals surface area (Å²) in [6.07, 6.45) is 3.09. The molecule has 0 spiro atoms. The molecule has 1 heterocycles. The van der Waals surface area contributed by atoms with Crippen LogP contribution in [0.25, 0.3) is 0 Å². The van der Waals surface area contributed by atoms with Gasteiger partial charge in [0.15, 0.2) is 11.5 Å². The number of nitrogen functional groups attached to an aromatic ring is 1. The molecule has 0 aliphatic rings. The third-order valence-electron chi connectivity index (χ3n) is 4.91. The number of nitrogens with zero attached hydrogens (tertiary/aromatic N) is 1. The van der Waals surface area contributed by atoms with E-state index < -0.39 is 26.3 Å². The van der Waals surface area contributed by atoms with Gasteiger partial charge in [0.2, 0.25) is 15.6 Å². The first kappa shape index (κ1) is 24.6. The lowest BCUT2D eigenvalue weighted by atomic mass is 10.1. The van der Waals surface area contributed by atoms with Crippen LogP contribution in [-0.4, -0.2) is 47.8 Å². The Hall–Kier alpha value is -3.99. The number of methoxy groups -OCH3 is 4. The summed E-state index contributed by atoms with van der Waals surface area (Å²) in [5.41, 5.74) is 6.11. The maximum atomic E-state index is 13.7. The van der Waals surface area contributed by atoms with E-state index in [0.717, 1.165) is 0 Å².